The second-order valence-corrected chi connectivity index (χ2v) is 6.63. The van der Waals surface area contributed by atoms with Gasteiger partial charge in [0.2, 0.25) is 0 Å². The van der Waals surface area contributed by atoms with Crippen LogP contribution >= 0.6 is 0 Å². The molecule has 0 saturated heterocycles. The summed E-state index contributed by atoms with van der Waals surface area (Å²) in [7, 11) is 0. The summed E-state index contributed by atoms with van der Waals surface area (Å²) >= 11 is 0. The Kier molecular flexibility index (Phi) is 15.1. The van der Waals surface area contributed by atoms with Crippen LogP contribution in [0.15, 0.2) is 0 Å². The van der Waals surface area contributed by atoms with E-state index in [4.69, 9.17) is 9.47 Å². The summed E-state index contributed by atoms with van der Waals surface area (Å²) < 4.78 is 10.3. The van der Waals surface area contributed by atoms with E-state index in [2.05, 4.69) is 6.92 Å². The molecule has 4 heteroatoms. The van der Waals surface area contributed by atoms with Crippen LogP contribution in [0.1, 0.15) is 91.4 Å². The lowest BCUT2D eigenvalue weighted by molar-refractivity contribution is -0.146. The van der Waals surface area contributed by atoms with E-state index in [9.17, 15) is 9.59 Å². The second kappa shape index (κ2) is 15.8. The molecule has 0 saturated carbocycles. The molecule has 0 N–H and O–H groups in total. The molecule has 4 nitrogen and oxygen atoms in total. The van der Waals surface area contributed by atoms with E-state index in [1.807, 2.05) is 13.8 Å². The highest BCUT2D eigenvalue weighted by molar-refractivity contribution is 5.70. The van der Waals surface area contributed by atoms with Crippen LogP contribution < -0.4 is 0 Å². The molecule has 0 spiro atoms. The van der Waals surface area contributed by atoms with E-state index in [1.165, 1.54) is 32.1 Å². The lowest BCUT2D eigenvalue weighted by Crippen LogP contribution is -2.10. The van der Waals surface area contributed by atoms with Gasteiger partial charge in [-0.3, -0.25) is 9.59 Å². The highest BCUT2D eigenvalue weighted by atomic mass is 16.5. The highest BCUT2D eigenvalue weighted by Gasteiger charge is 2.06. The first-order valence-electron chi connectivity index (χ1n) is 9.37. The molecule has 0 aliphatic heterocycles. The first-order valence-corrected chi connectivity index (χ1v) is 9.37. The first-order chi connectivity index (χ1) is 11.1. The van der Waals surface area contributed by atoms with Crippen LogP contribution in [0.4, 0.5) is 0 Å². The molecule has 23 heavy (non-hydrogen) atoms. The van der Waals surface area contributed by atoms with Gasteiger partial charge in [-0.15, -0.1) is 0 Å². The molecular weight excluding hydrogens is 292 g/mol. The molecule has 0 aromatic carbocycles. The van der Waals surface area contributed by atoms with Gasteiger partial charge in [0.1, 0.15) is 0 Å². The van der Waals surface area contributed by atoms with Crippen LogP contribution in [-0.4, -0.2) is 25.2 Å². The molecule has 0 radical (unpaired) electrons. The van der Waals surface area contributed by atoms with Gasteiger partial charge >= 0.3 is 11.9 Å². The van der Waals surface area contributed by atoms with Gasteiger partial charge in [-0.1, -0.05) is 59.3 Å². The summed E-state index contributed by atoms with van der Waals surface area (Å²) in [5.41, 5.74) is 0. The third kappa shape index (κ3) is 17.1. The van der Waals surface area contributed by atoms with Crippen molar-refractivity contribution in [1.82, 2.24) is 0 Å². The maximum absolute atomic E-state index is 11.5. The summed E-state index contributed by atoms with van der Waals surface area (Å²) in [5.74, 6) is 0.0437. The molecule has 0 aliphatic rings. The van der Waals surface area contributed by atoms with Crippen molar-refractivity contribution in [3.05, 3.63) is 0 Å². The average Bonchev–Trinajstić information content (AvgIpc) is 2.52. The lowest BCUT2D eigenvalue weighted by Gasteiger charge is -2.07. The molecule has 0 fully saturated rings. The van der Waals surface area contributed by atoms with Gasteiger partial charge < -0.3 is 9.47 Å². The van der Waals surface area contributed by atoms with Crippen molar-refractivity contribution in [3.8, 4) is 0 Å². The fourth-order valence-corrected chi connectivity index (χ4v) is 2.19. The van der Waals surface area contributed by atoms with E-state index < -0.39 is 0 Å². The van der Waals surface area contributed by atoms with Gasteiger partial charge in [-0.05, 0) is 25.2 Å². The van der Waals surface area contributed by atoms with Crippen molar-refractivity contribution in [2.24, 2.45) is 5.92 Å². The van der Waals surface area contributed by atoms with Crippen molar-refractivity contribution in [2.45, 2.75) is 91.4 Å². The number of carbonyl (C=O) groups is 2. The standard InChI is InChI=1S/C19H36O4/c1-4-5-6-7-8-9-12-15-22-18(20)13-10-11-14-19(21)23-16-17(2)3/h17H,4-16H2,1-3H3. The van der Waals surface area contributed by atoms with Crippen LogP contribution in [0, 0.1) is 5.92 Å². The molecule has 0 bridgehead atoms. The normalized spacial score (nSPS) is 10.8. The Morgan fingerprint density at radius 2 is 1.26 bits per heavy atom. The number of rotatable bonds is 15. The van der Waals surface area contributed by atoms with Crippen molar-refractivity contribution < 1.29 is 19.1 Å². The van der Waals surface area contributed by atoms with Gasteiger partial charge in [-0.2, -0.15) is 0 Å². The summed E-state index contributed by atoms with van der Waals surface area (Å²) in [6.07, 6.45) is 10.7. The topological polar surface area (TPSA) is 52.6 Å². The van der Waals surface area contributed by atoms with Gasteiger partial charge in [0, 0.05) is 12.8 Å². The zero-order valence-electron chi connectivity index (χ0n) is 15.4. The minimum Gasteiger partial charge on any atom is -0.466 e. The SMILES string of the molecule is CCCCCCCCCOC(=O)CCCCC(=O)OCC(C)C. The number of ether oxygens (including phenoxy) is 2. The third-order valence-electron chi connectivity index (χ3n) is 3.60. The van der Waals surface area contributed by atoms with Gasteiger partial charge in [0.25, 0.3) is 0 Å². The number of hydrogen-bond donors (Lipinski definition) is 0. The molecule has 0 unspecified atom stereocenters. The fraction of sp³-hybridized carbons (Fsp3) is 0.895. The van der Waals surface area contributed by atoms with E-state index in [0.29, 0.717) is 44.8 Å². The average molecular weight is 328 g/mol. The van der Waals surface area contributed by atoms with Crippen molar-refractivity contribution in [1.29, 1.82) is 0 Å². The molecule has 0 atom stereocenters. The zero-order valence-corrected chi connectivity index (χ0v) is 15.4. The fourth-order valence-electron chi connectivity index (χ4n) is 2.19. The van der Waals surface area contributed by atoms with E-state index in [1.54, 1.807) is 0 Å². The van der Waals surface area contributed by atoms with Gasteiger partial charge in [-0.25, -0.2) is 0 Å². The largest absolute Gasteiger partial charge is 0.466 e. The van der Waals surface area contributed by atoms with Crippen LogP contribution in [0.5, 0.6) is 0 Å². The quantitative estimate of drug-likeness (QED) is 0.312. The molecule has 0 heterocycles. The summed E-state index contributed by atoms with van der Waals surface area (Å²) in [6, 6.07) is 0. The molecule has 0 aromatic heterocycles. The molecular formula is C19H36O4. The smallest absolute Gasteiger partial charge is 0.305 e. The van der Waals surface area contributed by atoms with Crippen LogP contribution in [0.25, 0.3) is 0 Å². The zero-order chi connectivity index (χ0) is 17.3. The predicted molar refractivity (Wildman–Crippen MR) is 93.2 cm³/mol. The molecule has 0 amide bonds. The van der Waals surface area contributed by atoms with E-state index >= 15 is 0 Å². The maximum atomic E-state index is 11.5. The first kappa shape index (κ1) is 21.9. The van der Waals surface area contributed by atoms with Crippen molar-refractivity contribution in [3.63, 3.8) is 0 Å². The molecule has 0 rings (SSSR count). The Morgan fingerprint density at radius 1 is 0.739 bits per heavy atom. The lowest BCUT2D eigenvalue weighted by atomic mass is 10.1. The van der Waals surface area contributed by atoms with E-state index in [-0.39, 0.29) is 11.9 Å². The van der Waals surface area contributed by atoms with E-state index in [0.717, 1.165) is 12.8 Å². The Morgan fingerprint density at radius 3 is 1.83 bits per heavy atom. The number of esters is 2. The number of hydrogen-bond acceptors (Lipinski definition) is 4. The van der Waals surface area contributed by atoms with Crippen LogP contribution in [0.2, 0.25) is 0 Å². The molecule has 0 aromatic rings. The monoisotopic (exact) mass is 328 g/mol. The summed E-state index contributed by atoms with van der Waals surface area (Å²) in [4.78, 5) is 22.9. The highest BCUT2D eigenvalue weighted by Crippen LogP contribution is 2.08. The van der Waals surface area contributed by atoms with Gasteiger partial charge in [0.05, 0.1) is 13.2 Å². The van der Waals surface area contributed by atoms with Gasteiger partial charge in [0.15, 0.2) is 0 Å². The van der Waals surface area contributed by atoms with Crippen molar-refractivity contribution >= 4 is 11.9 Å². The Labute approximate surface area is 142 Å². The van der Waals surface area contributed by atoms with Crippen LogP contribution in [-0.2, 0) is 19.1 Å². The summed E-state index contributed by atoms with van der Waals surface area (Å²) in [5, 5.41) is 0. The maximum Gasteiger partial charge on any atom is 0.305 e. The number of carbonyl (C=O) groups excluding carboxylic acids is 2. The Balaban J connectivity index is 3.32. The number of unbranched alkanes of at least 4 members (excludes halogenated alkanes) is 7. The minimum atomic E-state index is -0.171. The minimum absolute atomic E-state index is 0.147. The Bertz CT molecular complexity index is 300. The van der Waals surface area contributed by atoms with Crippen molar-refractivity contribution in [2.75, 3.05) is 13.2 Å². The molecule has 0 aliphatic carbocycles. The molecule has 136 valence electrons. The Hall–Kier alpha value is -1.06. The van der Waals surface area contributed by atoms with Crippen LogP contribution in [0.3, 0.4) is 0 Å². The predicted octanol–water partition coefficient (Wildman–Crippen LogP) is 5.04. The second-order valence-electron chi connectivity index (χ2n) is 6.63. The summed E-state index contributed by atoms with van der Waals surface area (Å²) in [6.45, 7) is 7.24. The third-order valence-corrected chi connectivity index (χ3v) is 3.60.